The summed E-state index contributed by atoms with van der Waals surface area (Å²) in [5, 5.41) is 22.2. The summed E-state index contributed by atoms with van der Waals surface area (Å²) in [4.78, 5) is 27.4. The minimum absolute atomic E-state index is 0.0603. The van der Waals surface area contributed by atoms with Gasteiger partial charge in [0.25, 0.3) is 11.5 Å². The number of carbonyl (C=O) groups is 1. The van der Waals surface area contributed by atoms with Crippen LogP contribution in [0.4, 0.5) is 5.82 Å². The molecule has 10 heteroatoms. The molecule has 2 aromatic rings. The second-order valence-electron chi connectivity index (χ2n) is 8.67. The molecule has 4 rings (SSSR count). The van der Waals surface area contributed by atoms with Crippen molar-refractivity contribution in [3.8, 4) is 5.88 Å². The maximum absolute atomic E-state index is 12.7. The first-order chi connectivity index (χ1) is 15.5. The molecule has 0 radical (unpaired) electrons. The van der Waals surface area contributed by atoms with E-state index in [1.54, 1.807) is 24.0 Å². The number of hydrogen-bond acceptors (Lipinski definition) is 7. The van der Waals surface area contributed by atoms with E-state index >= 15 is 0 Å². The SMILES string of the molecule is COc1nn(C)cc1C(=O)NCC1CCCCN1c1ccc(=O)n(C2CCCCC2O)n1. The van der Waals surface area contributed by atoms with E-state index in [1.165, 1.54) is 17.9 Å². The molecule has 0 bridgehead atoms. The number of carbonyl (C=O) groups excluding carboxylic acids is 1. The molecular weight excluding hydrogens is 412 g/mol. The third-order valence-electron chi connectivity index (χ3n) is 6.47. The number of nitrogens with one attached hydrogen (secondary N) is 1. The fourth-order valence-electron chi connectivity index (χ4n) is 4.78. The van der Waals surface area contributed by atoms with Gasteiger partial charge in [-0.3, -0.25) is 14.3 Å². The number of ether oxygens (including phenoxy) is 1. The maximum atomic E-state index is 12.7. The number of aryl methyl sites for hydroxylation is 1. The quantitative estimate of drug-likeness (QED) is 0.689. The van der Waals surface area contributed by atoms with Gasteiger partial charge in [-0.1, -0.05) is 12.8 Å². The zero-order valence-corrected chi connectivity index (χ0v) is 18.7. The Morgan fingerprint density at radius 2 is 1.97 bits per heavy atom. The summed E-state index contributed by atoms with van der Waals surface area (Å²) in [5.41, 5.74) is 0.209. The lowest BCUT2D eigenvalue weighted by molar-refractivity contribution is 0.0669. The molecule has 2 aliphatic rings. The summed E-state index contributed by atoms with van der Waals surface area (Å²) >= 11 is 0. The number of aliphatic hydroxyl groups is 1. The van der Waals surface area contributed by atoms with Gasteiger partial charge in [-0.25, -0.2) is 4.68 Å². The van der Waals surface area contributed by atoms with Crippen LogP contribution in [0.3, 0.4) is 0 Å². The van der Waals surface area contributed by atoms with Gasteiger partial charge in [0, 0.05) is 38.4 Å². The fraction of sp³-hybridized carbons (Fsp3) is 0.636. The first kappa shape index (κ1) is 22.3. The van der Waals surface area contributed by atoms with Gasteiger partial charge in [0.05, 0.1) is 19.3 Å². The standard InChI is InChI=1S/C22H32N6O4/c1-26-14-16(22(25-26)32-2)21(31)23-13-15-7-5-6-12-27(15)19-10-11-20(30)28(24-19)17-8-3-4-9-18(17)29/h10-11,14-15,17-18,29H,3-9,12-13H2,1-2H3,(H,23,31). The highest BCUT2D eigenvalue weighted by Gasteiger charge is 2.29. The zero-order valence-electron chi connectivity index (χ0n) is 18.7. The summed E-state index contributed by atoms with van der Waals surface area (Å²) < 4.78 is 8.21. The minimum atomic E-state index is -0.546. The van der Waals surface area contributed by atoms with Crippen molar-refractivity contribution in [1.29, 1.82) is 0 Å². The van der Waals surface area contributed by atoms with Crippen molar-refractivity contribution in [2.75, 3.05) is 25.1 Å². The Bertz CT molecular complexity index is 1000. The Labute approximate surface area is 187 Å². The molecule has 2 aromatic heterocycles. The van der Waals surface area contributed by atoms with Crippen molar-refractivity contribution < 1.29 is 14.6 Å². The molecular formula is C22H32N6O4. The Kier molecular flexibility index (Phi) is 6.78. The average molecular weight is 445 g/mol. The van der Waals surface area contributed by atoms with Crippen LogP contribution in [0.25, 0.3) is 0 Å². The third kappa shape index (κ3) is 4.64. The van der Waals surface area contributed by atoms with Crippen LogP contribution in [0.5, 0.6) is 5.88 Å². The molecule has 3 atom stereocenters. The number of anilines is 1. The van der Waals surface area contributed by atoms with Crippen LogP contribution < -0.4 is 20.5 Å². The summed E-state index contributed by atoms with van der Waals surface area (Å²) in [6, 6.07) is 3.06. The van der Waals surface area contributed by atoms with Crippen molar-refractivity contribution in [3.05, 3.63) is 34.2 Å². The highest BCUT2D eigenvalue weighted by atomic mass is 16.5. The number of methoxy groups -OCH3 is 1. The van der Waals surface area contributed by atoms with E-state index in [2.05, 4.69) is 20.4 Å². The number of rotatable bonds is 6. The third-order valence-corrected chi connectivity index (χ3v) is 6.47. The summed E-state index contributed by atoms with van der Waals surface area (Å²) in [7, 11) is 3.23. The largest absolute Gasteiger partial charge is 0.479 e. The van der Waals surface area contributed by atoms with Crippen molar-refractivity contribution in [3.63, 3.8) is 0 Å². The highest BCUT2D eigenvalue weighted by Crippen LogP contribution is 2.28. The normalized spacial score (nSPS) is 23.7. The number of piperidine rings is 1. The molecule has 1 saturated heterocycles. The molecule has 2 fully saturated rings. The van der Waals surface area contributed by atoms with Crippen LogP contribution >= 0.6 is 0 Å². The van der Waals surface area contributed by atoms with E-state index in [-0.39, 0.29) is 23.6 Å². The van der Waals surface area contributed by atoms with E-state index in [0.717, 1.165) is 45.1 Å². The summed E-state index contributed by atoms with van der Waals surface area (Å²) in [6.45, 7) is 1.25. The molecule has 32 heavy (non-hydrogen) atoms. The Balaban J connectivity index is 1.50. The molecule has 174 valence electrons. The van der Waals surface area contributed by atoms with Gasteiger partial charge < -0.3 is 20.1 Å². The van der Waals surface area contributed by atoms with E-state index in [0.29, 0.717) is 30.2 Å². The van der Waals surface area contributed by atoms with Crippen LogP contribution in [-0.2, 0) is 7.05 Å². The van der Waals surface area contributed by atoms with Gasteiger partial charge in [0.1, 0.15) is 11.4 Å². The van der Waals surface area contributed by atoms with E-state index in [9.17, 15) is 14.7 Å². The fourth-order valence-corrected chi connectivity index (χ4v) is 4.78. The van der Waals surface area contributed by atoms with Gasteiger partial charge in [-0.15, -0.1) is 5.10 Å². The van der Waals surface area contributed by atoms with E-state index in [1.807, 2.05) is 0 Å². The first-order valence-electron chi connectivity index (χ1n) is 11.4. The molecule has 1 aliphatic carbocycles. The van der Waals surface area contributed by atoms with E-state index in [4.69, 9.17) is 4.74 Å². The lowest BCUT2D eigenvalue weighted by Crippen LogP contribution is -2.48. The van der Waals surface area contributed by atoms with Crippen LogP contribution in [0.1, 0.15) is 61.3 Å². The molecule has 0 aromatic carbocycles. The molecule has 3 heterocycles. The zero-order chi connectivity index (χ0) is 22.7. The predicted molar refractivity (Wildman–Crippen MR) is 119 cm³/mol. The number of aromatic nitrogens is 4. The molecule has 0 spiro atoms. The number of nitrogens with zero attached hydrogens (tertiary/aromatic N) is 5. The minimum Gasteiger partial charge on any atom is -0.479 e. The maximum Gasteiger partial charge on any atom is 0.267 e. The molecule has 3 unspecified atom stereocenters. The average Bonchev–Trinajstić information content (AvgIpc) is 3.19. The smallest absolute Gasteiger partial charge is 0.267 e. The number of amides is 1. The molecule has 2 N–H and O–H groups in total. The van der Waals surface area contributed by atoms with Crippen molar-refractivity contribution in [2.24, 2.45) is 7.05 Å². The van der Waals surface area contributed by atoms with Gasteiger partial charge in [-0.2, -0.15) is 5.10 Å². The van der Waals surface area contributed by atoms with Crippen LogP contribution in [-0.4, -0.2) is 62.9 Å². The Morgan fingerprint density at radius 3 is 2.75 bits per heavy atom. The topological polar surface area (TPSA) is 115 Å². The lowest BCUT2D eigenvalue weighted by Gasteiger charge is -2.37. The molecule has 1 amide bonds. The highest BCUT2D eigenvalue weighted by molar-refractivity contribution is 5.96. The van der Waals surface area contributed by atoms with Gasteiger partial charge in [0.15, 0.2) is 0 Å². The number of hydrogen-bond donors (Lipinski definition) is 2. The Morgan fingerprint density at radius 1 is 1.19 bits per heavy atom. The Hall–Kier alpha value is -2.88. The second kappa shape index (κ2) is 9.72. The first-order valence-corrected chi connectivity index (χ1v) is 11.4. The second-order valence-corrected chi connectivity index (χ2v) is 8.67. The molecule has 1 aliphatic heterocycles. The van der Waals surface area contributed by atoms with Gasteiger partial charge in [-0.05, 0) is 38.2 Å². The molecule has 10 nitrogen and oxygen atoms in total. The van der Waals surface area contributed by atoms with Crippen molar-refractivity contribution >= 4 is 11.7 Å². The summed E-state index contributed by atoms with van der Waals surface area (Å²) in [5.74, 6) is 0.772. The van der Waals surface area contributed by atoms with Gasteiger partial charge >= 0.3 is 0 Å². The predicted octanol–water partition coefficient (Wildman–Crippen LogP) is 1.25. The lowest BCUT2D eigenvalue weighted by atomic mass is 9.93. The van der Waals surface area contributed by atoms with Crippen LogP contribution in [0, 0.1) is 0 Å². The van der Waals surface area contributed by atoms with Crippen LogP contribution in [0.15, 0.2) is 23.1 Å². The van der Waals surface area contributed by atoms with Crippen molar-refractivity contribution in [1.82, 2.24) is 24.9 Å². The molecule has 1 saturated carbocycles. The number of aliphatic hydroxyl groups excluding tert-OH is 1. The van der Waals surface area contributed by atoms with Crippen LogP contribution in [0.2, 0.25) is 0 Å². The monoisotopic (exact) mass is 444 g/mol. The van der Waals surface area contributed by atoms with Gasteiger partial charge in [0.2, 0.25) is 5.88 Å². The van der Waals surface area contributed by atoms with E-state index < -0.39 is 6.10 Å². The van der Waals surface area contributed by atoms with Crippen molar-refractivity contribution in [2.45, 2.75) is 63.1 Å². The summed E-state index contributed by atoms with van der Waals surface area (Å²) in [6.07, 6.45) is 7.50.